The minimum atomic E-state index is -0.145. The first-order chi connectivity index (χ1) is 9.52. The molecule has 0 saturated heterocycles. The van der Waals surface area contributed by atoms with E-state index < -0.39 is 0 Å². The van der Waals surface area contributed by atoms with Gasteiger partial charge in [-0.2, -0.15) is 0 Å². The Morgan fingerprint density at radius 3 is 2.60 bits per heavy atom. The number of carbonyl (C=O) groups is 1. The van der Waals surface area contributed by atoms with Crippen molar-refractivity contribution >= 4 is 5.91 Å². The summed E-state index contributed by atoms with van der Waals surface area (Å²) in [5.74, 6) is 1.19. The fraction of sp³-hybridized carbons (Fsp3) is 0.733. The fourth-order valence-electron chi connectivity index (χ4n) is 2.58. The highest BCUT2D eigenvalue weighted by Gasteiger charge is 2.31. The van der Waals surface area contributed by atoms with Crippen LogP contribution in [0.15, 0.2) is 10.6 Å². The van der Waals surface area contributed by atoms with E-state index in [9.17, 15) is 4.79 Å². The van der Waals surface area contributed by atoms with Crippen LogP contribution in [0.3, 0.4) is 0 Å². The molecule has 1 aliphatic rings. The molecule has 1 fully saturated rings. The van der Waals surface area contributed by atoms with Gasteiger partial charge in [0.05, 0.1) is 0 Å². The highest BCUT2D eigenvalue weighted by Crippen LogP contribution is 2.40. The number of nitrogens with one attached hydrogen (secondary N) is 1. The van der Waals surface area contributed by atoms with Crippen molar-refractivity contribution in [2.24, 2.45) is 0 Å². The number of likely N-dealkylation sites (N-methyl/N-ethyl adjacent to an activating group) is 1. The molecule has 5 heteroatoms. The van der Waals surface area contributed by atoms with E-state index in [4.69, 9.17) is 4.52 Å². The van der Waals surface area contributed by atoms with Crippen LogP contribution in [0, 0.1) is 0 Å². The van der Waals surface area contributed by atoms with Crippen molar-refractivity contribution in [1.29, 1.82) is 0 Å². The molecule has 1 aromatic heterocycles. The second-order valence-corrected chi connectivity index (χ2v) is 5.90. The largest absolute Gasteiger partial charge is 0.360 e. The van der Waals surface area contributed by atoms with E-state index in [1.165, 1.54) is 0 Å². The quantitative estimate of drug-likeness (QED) is 0.832. The molecule has 1 heterocycles. The van der Waals surface area contributed by atoms with Gasteiger partial charge in [0.25, 0.3) is 5.91 Å². The Morgan fingerprint density at radius 1 is 1.45 bits per heavy atom. The van der Waals surface area contributed by atoms with Crippen LogP contribution in [-0.4, -0.2) is 42.1 Å². The van der Waals surface area contributed by atoms with Gasteiger partial charge < -0.3 is 14.7 Å². The van der Waals surface area contributed by atoms with Crippen LogP contribution >= 0.6 is 0 Å². The summed E-state index contributed by atoms with van der Waals surface area (Å²) in [4.78, 5) is 14.3. The second-order valence-electron chi connectivity index (χ2n) is 5.90. The predicted molar refractivity (Wildman–Crippen MR) is 77.8 cm³/mol. The minimum absolute atomic E-state index is 0.00127. The van der Waals surface area contributed by atoms with Crippen molar-refractivity contribution in [2.45, 2.75) is 51.0 Å². The summed E-state index contributed by atoms with van der Waals surface area (Å²) < 4.78 is 5.22. The van der Waals surface area contributed by atoms with Gasteiger partial charge in [0.2, 0.25) is 0 Å². The molecule has 1 N–H and O–H groups in total. The van der Waals surface area contributed by atoms with E-state index in [-0.39, 0.29) is 11.4 Å². The highest BCUT2D eigenvalue weighted by atomic mass is 16.5. The first-order valence-corrected chi connectivity index (χ1v) is 7.44. The Kier molecular flexibility index (Phi) is 4.48. The molecule has 1 aromatic rings. The van der Waals surface area contributed by atoms with E-state index in [0.717, 1.165) is 31.4 Å². The maximum Gasteiger partial charge on any atom is 0.273 e. The summed E-state index contributed by atoms with van der Waals surface area (Å²) in [6, 6.07) is 1.78. The first-order valence-electron chi connectivity index (χ1n) is 7.44. The van der Waals surface area contributed by atoms with Crippen molar-refractivity contribution in [1.82, 2.24) is 15.4 Å². The molecule has 0 radical (unpaired) electrons. The van der Waals surface area contributed by atoms with Crippen LogP contribution in [0.25, 0.3) is 0 Å². The Labute approximate surface area is 120 Å². The van der Waals surface area contributed by atoms with Gasteiger partial charge in [-0.1, -0.05) is 19.0 Å². The Hall–Kier alpha value is -1.36. The Balaban J connectivity index is 1.96. The molecular formula is C15H25N3O2. The van der Waals surface area contributed by atoms with Crippen molar-refractivity contribution < 1.29 is 9.32 Å². The maximum atomic E-state index is 12.2. The lowest BCUT2D eigenvalue weighted by atomic mass is 9.91. The number of amides is 1. The molecule has 1 aliphatic carbocycles. The topological polar surface area (TPSA) is 58.4 Å². The molecule has 5 nitrogen and oxygen atoms in total. The highest BCUT2D eigenvalue weighted by molar-refractivity contribution is 5.92. The van der Waals surface area contributed by atoms with E-state index in [0.29, 0.717) is 18.2 Å². The zero-order valence-electron chi connectivity index (χ0n) is 12.9. The molecular weight excluding hydrogens is 254 g/mol. The molecule has 20 heavy (non-hydrogen) atoms. The molecule has 0 aliphatic heterocycles. The Bertz CT molecular complexity index is 459. The smallest absolute Gasteiger partial charge is 0.273 e. The van der Waals surface area contributed by atoms with Crippen LogP contribution in [0.5, 0.6) is 0 Å². The lowest BCUT2D eigenvalue weighted by Gasteiger charge is -2.38. The van der Waals surface area contributed by atoms with Gasteiger partial charge in [0, 0.05) is 24.1 Å². The van der Waals surface area contributed by atoms with E-state index in [1.54, 1.807) is 6.07 Å². The summed E-state index contributed by atoms with van der Waals surface area (Å²) in [6.07, 6.45) is 4.27. The van der Waals surface area contributed by atoms with E-state index in [1.807, 2.05) is 0 Å². The fourth-order valence-corrected chi connectivity index (χ4v) is 2.58. The third kappa shape index (κ3) is 3.03. The molecule has 0 aromatic carbocycles. The number of rotatable bonds is 7. The normalized spacial score (nSPS) is 15.7. The van der Waals surface area contributed by atoms with E-state index >= 15 is 0 Å². The number of aromatic nitrogens is 1. The van der Waals surface area contributed by atoms with Gasteiger partial charge in [-0.3, -0.25) is 4.79 Å². The first kappa shape index (κ1) is 15.0. The van der Waals surface area contributed by atoms with Crippen molar-refractivity contribution in [3.05, 3.63) is 17.5 Å². The molecule has 0 atom stereocenters. The molecule has 2 rings (SSSR count). The van der Waals surface area contributed by atoms with Crippen LogP contribution in [0.1, 0.15) is 61.7 Å². The van der Waals surface area contributed by atoms with Crippen LogP contribution in [-0.2, 0) is 0 Å². The third-order valence-corrected chi connectivity index (χ3v) is 4.58. The molecule has 0 bridgehead atoms. The van der Waals surface area contributed by atoms with Gasteiger partial charge >= 0.3 is 0 Å². The summed E-state index contributed by atoms with van der Waals surface area (Å²) in [7, 11) is 4.11. The SMILES string of the molecule is CCC(CC)(CNC(=O)c1cc(C2CC2)on1)N(C)C. The monoisotopic (exact) mass is 279 g/mol. The lowest BCUT2D eigenvalue weighted by molar-refractivity contribution is 0.0874. The average molecular weight is 279 g/mol. The van der Waals surface area contributed by atoms with Gasteiger partial charge in [-0.05, 0) is 39.8 Å². The van der Waals surface area contributed by atoms with Gasteiger partial charge in [-0.15, -0.1) is 0 Å². The van der Waals surface area contributed by atoms with Gasteiger partial charge in [0.15, 0.2) is 5.69 Å². The van der Waals surface area contributed by atoms with Gasteiger partial charge in [0.1, 0.15) is 5.76 Å². The maximum absolute atomic E-state index is 12.2. The summed E-state index contributed by atoms with van der Waals surface area (Å²) in [5.41, 5.74) is 0.394. The predicted octanol–water partition coefficient (Wildman–Crippen LogP) is 2.40. The minimum Gasteiger partial charge on any atom is -0.360 e. The summed E-state index contributed by atoms with van der Waals surface area (Å²) in [5, 5.41) is 6.87. The summed E-state index contributed by atoms with van der Waals surface area (Å²) >= 11 is 0. The van der Waals surface area contributed by atoms with Crippen LogP contribution < -0.4 is 5.32 Å². The van der Waals surface area contributed by atoms with Gasteiger partial charge in [-0.25, -0.2) is 0 Å². The zero-order valence-corrected chi connectivity index (χ0v) is 12.9. The second kappa shape index (κ2) is 5.95. The molecule has 0 spiro atoms. The number of hydrogen-bond donors (Lipinski definition) is 1. The summed E-state index contributed by atoms with van der Waals surface area (Å²) in [6.45, 7) is 4.92. The number of carbonyl (C=O) groups excluding carboxylic acids is 1. The Morgan fingerprint density at radius 2 is 2.10 bits per heavy atom. The zero-order chi connectivity index (χ0) is 14.8. The standard InChI is InChI=1S/C15H25N3O2/c1-5-15(6-2,18(3)4)10-16-14(19)12-9-13(20-17-12)11-7-8-11/h9,11H,5-8,10H2,1-4H3,(H,16,19). The van der Waals surface area contributed by atoms with Crippen molar-refractivity contribution in [2.75, 3.05) is 20.6 Å². The number of hydrogen-bond acceptors (Lipinski definition) is 4. The molecule has 112 valence electrons. The van der Waals surface area contributed by atoms with Crippen LogP contribution in [0.4, 0.5) is 0 Å². The third-order valence-electron chi connectivity index (χ3n) is 4.58. The lowest BCUT2D eigenvalue weighted by Crippen LogP contribution is -2.52. The average Bonchev–Trinajstić information content (AvgIpc) is 3.17. The van der Waals surface area contributed by atoms with Crippen molar-refractivity contribution in [3.8, 4) is 0 Å². The molecule has 0 unspecified atom stereocenters. The molecule has 1 saturated carbocycles. The molecule has 1 amide bonds. The van der Waals surface area contributed by atoms with Crippen molar-refractivity contribution in [3.63, 3.8) is 0 Å². The van der Waals surface area contributed by atoms with Crippen LogP contribution in [0.2, 0.25) is 0 Å². The van der Waals surface area contributed by atoms with E-state index in [2.05, 4.69) is 43.3 Å². The number of nitrogens with zero attached hydrogens (tertiary/aromatic N) is 2.